The molecule has 0 bridgehead atoms. The number of hydrogen-bond donors (Lipinski definition) is 0. The molecular weight excluding hydrogens is 266 g/mol. The highest BCUT2D eigenvalue weighted by Gasteiger charge is 2.19. The minimum atomic E-state index is 0.720. The lowest BCUT2D eigenvalue weighted by atomic mass is 10.1. The fraction of sp³-hybridized carbons (Fsp3) is 0.600. The summed E-state index contributed by atoms with van der Waals surface area (Å²) in [5.41, 5.74) is 2.39. The van der Waals surface area contributed by atoms with Crippen molar-refractivity contribution in [3.63, 3.8) is 0 Å². The molecule has 2 aromatic heterocycles. The standard InChI is InChI=1S/C15H21N5O/c1-3-4-5-15-18-14(19-21-15)10-20-7-6-12-8-16-11(2)17-13(12)9-20/h8H,3-7,9-10H2,1-2H3. The summed E-state index contributed by atoms with van der Waals surface area (Å²) < 4.78 is 5.28. The van der Waals surface area contributed by atoms with E-state index < -0.39 is 0 Å². The number of aryl methyl sites for hydroxylation is 2. The van der Waals surface area contributed by atoms with Crippen molar-refractivity contribution in [3.8, 4) is 0 Å². The first-order valence-corrected chi connectivity index (χ1v) is 7.60. The van der Waals surface area contributed by atoms with Gasteiger partial charge >= 0.3 is 0 Å². The minimum Gasteiger partial charge on any atom is -0.339 e. The monoisotopic (exact) mass is 287 g/mol. The van der Waals surface area contributed by atoms with Crippen LogP contribution in [0.3, 0.4) is 0 Å². The van der Waals surface area contributed by atoms with Crippen molar-refractivity contribution in [1.29, 1.82) is 0 Å². The summed E-state index contributed by atoms with van der Waals surface area (Å²) in [5.74, 6) is 2.36. The van der Waals surface area contributed by atoms with E-state index in [4.69, 9.17) is 4.52 Å². The molecule has 3 heterocycles. The molecule has 0 radical (unpaired) electrons. The van der Waals surface area contributed by atoms with Gasteiger partial charge in [-0.05, 0) is 25.3 Å². The smallest absolute Gasteiger partial charge is 0.226 e. The molecule has 6 nitrogen and oxygen atoms in total. The second-order valence-corrected chi connectivity index (χ2v) is 5.56. The van der Waals surface area contributed by atoms with Gasteiger partial charge in [-0.1, -0.05) is 18.5 Å². The second-order valence-electron chi connectivity index (χ2n) is 5.56. The fourth-order valence-corrected chi connectivity index (χ4v) is 2.58. The van der Waals surface area contributed by atoms with Crippen LogP contribution < -0.4 is 0 Å². The molecule has 1 aliphatic heterocycles. The quantitative estimate of drug-likeness (QED) is 0.838. The van der Waals surface area contributed by atoms with Gasteiger partial charge in [0, 0.05) is 25.7 Å². The third kappa shape index (κ3) is 3.44. The van der Waals surface area contributed by atoms with Gasteiger partial charge in [0.1, 0.15) is 5.82 Å². The van der Waals surface area contributed by atoms with Gasteiger partial charge in [-0.3, -0.25) is 4.90 Å². The Morgan fingerprint density at radius 2 is 2.24 bits per heavy atom. The largest absolute Gasteiger partial charge is 0.339 e. The van der Waals surface area contributed by atoms with Crippen molar-refractivity contribution in [1.82, 2.24) is 25.0 Å². The topological polar surface area (TPSA) is 67.9 Å². The first kappa shape index (κ1) is 14.1. The lowest BCUT2D eigenvalue weighted by Gasteiger charge is -2.26. The highest BCUT2D eigenvalue weighted by atomic mass is 16.5. The van der Waals surface area contributed by atoms with Crippen LogP contribution in [0.5, 0.6) is 0 Å². The zero-order valence-corrected chi connectivity index (χ0v) is 12.7. The van der Waals surface area contributed by atoms with E-state index in [0.29, 0.717) is 0 Å². The third-order valence-electron chi connectivity index (χ3n) is 3.76. The highest BCUT2D eigenvalue weighted by Crippen LogP contribution is 2.17. The maximum Gasteiger partial charge on any atom is 0.226 e. The molecule has 3 rings (SSSR count). The summed E-state index contributed by atoms with van der Waals surface area (Å²) in [6.07, 6.45) is 6.04. The summed E-state index contributed by atoms with van der Waals surface area (Å²) in [6.45, 7) is 6.62. The highest BCUT2D eigenvalue weighted by molar-refractivity contribution is 5.20. The van der Waals surface area contributed by atoms with E-state index in [9.17, 15) is 0 Å². The first-order valence-electron chi connectivity index (χ1n) is 7.60. The zero-order valence-electron chi connectivity index (χ0n) is 12.7. The minimum absolute atomic E-state index is 0.720. The van der Waals surface area contributed by atoms with Crippen molar-refractivity contribution < 1.29 is 4.52 Å². The Bertz CT molecular complexity index is 610. The van der Waals surface area contributed by atoms with E-state index in [1.54, 1.807) is 0 Å². The maximum atomic E-state index is 5.28. The van der Waals surface area contributed by atoms with Gasteiger partial charge in [0.05, 0.1) is 12.2 Å². The molecule has 0 saturated carbocycles. The van der Waals surface area contributed by atoms with Gasteiger partial charge in [-0.15, -0.1) is 0 Å². The molecule has 21 heavy (non-hydrogen) atoms. The van der Waals surface area contributed by atoms with Crippen LogP contribution in [-0.4, -0.2) is 31.6 Å². The molecule has 0 amide bonds. The Morgan fingerprint density at radius 3 is 3.10 bits per heavy atom. The van der Waals surface area contributed by atoms with Crippen molar-refractivity contribution in [2.45, 2.75) is 52.6 Å². The van der Waals surface area contributed by atoms with E-state index in [1.807, 2.05) is 13.1 Å². The lowest BCUT2D eigenvalue weighted by molar-refractivity contribution is 0.231. The molecule has 0 N–H and O–H groups in total. The average molecular weight is 287 g/mol. The molecule has 0 unspecified atom stereocenters. The van der Waals surface area contributed by atoms with Gasteiger partial charge < -0.3 is 4.52 Å². The Kier molecular flexibility index (Phi) is 4.24. The predicted octanol–water partition coefficient (Wildman–Crippen LogP) is 2.07. The second kappa shape index (κ2) is 6.30. The summed E-state index contributed by atoms with van der Waals surface area (Å²) >= 11 is 0. The van der Waals surface area contributed by atoms with Crippen molar-refractivity contribution in [2.24, 2.45) is 0 Å². The van der Waals surface area contributed by atoms with Crippen molar-refractivity contribution in [3.05, 3.63) is 35.0 Å². The van der Waals surface area contributed by atoms with Crippen LogP contribution in [0, 0.1) is 6.92 Å². The van der Waals surface area contributed by atoms with E-state index in [1.165, 1.54) is 5.56 Å². The molecule has 0 atom stereocenters. The van der Waals surface area contributed by atoms with Crippen molar-refractivity contribution in [2.75, 3.05) is 6.54 Å². The van der Waals surface area contributed by atoms with Crippen LogP contribution in [0.4, 0.5) is 0 Å². The first-order chi connectivity index (χ1) is 10.2. The summed E-state index contributed by atoms with van der Waals surface area (Å²) in [6, 6.07) is 0. The lowest BCUT2D eigenvalue weighted by Crippen LogP contribution is -2.31. The van der Waals surface area contributed by atoms with Crippen molar-refractivity contribution >= 4 is 0 Å². The van der Waals surface area contributed by atoms with Gasteiger partial charge in [-0.2, -0.15) is 4.98 Å². The molecular formula is C15H21N5O. The van der Waals surface area contributed by atoms with Crippen LogP contribution in [0.1, 0.15) is 48.6 Å². The van der Waals surface area contributed by atoms with Crippen LogP contribution in [0.25, 0.3) is 0 Å². The number of unbranched alkanes of at least 4 members (excludes halogenated alkanes) is 1. The number of hydrogen-bond acceptors (Lipinski definition) is 6. The number of nitrogens with zero attached hydrogens (tertiary/aromatic N) is 5. The molecule has 0 spiro atoms. The van der Waals surface area contributed by atoms with E-state index in [-0.39, 0.29) is 0 Å². The van der Waals surface area contributed by atoms with Gasteiger partial charge in [0.25, 0.3) is 0 Å². The molecule has 6 heteroatoms. The molecule has 0 aliphatic carbocycles. The van der Waals surface area contributed by atoms with Crippen LogP contribution in [-0.2, 0) is 25.9 Å². The number of aromatic nitrogens is 4. The molecule has 0 fully saturated rings. The predicted molar refractivity (Wildman–Crippen MR) is 77.5 cm³/mol. The molecule has 0 aromatic carbocycles. The van der Waals surface area contributed by atoms with E-state index in [0.717, 1.165) is 68.6 Å². The molecule has 1 aliphatic rings. The Hall–Kier alpha value is -1.82. The summed E-state index contributed by atoms with van der Waals surface area (Å²) in [7, 11) is 0. The normalized spacial score (nSPS) is 15.1. The Morgan fingerprint density at radius 1 is 1.33 bits per heavy atom. The Labute approximate surface area is 124 Å². The number of fused-ring (bicyclic) bond motifs is 1. The van der Waals surface area contributed by atoms with E-state index in [2.05, 4.69) is 31.9 Å². The molecule has 0 saturated heterocycles. The maximum absolute atomic E-state index is 5.28. The summed E-state index contributed by atoms with van der Waals surface area (Å²) in [5, 5.41) is 4.08. The van der Waals surface area contributed by atoms with Gasteiger partial charge in [0.2, 0.25) is 5.89 Å². The average Bonchev–Trinajstić information content (AvgIpc) is 2.92. The Balaban J connectivity index is 1.62. The molecule has 2 aromatic rings. The van der Waals surface area contributed by atoms with Crippen LogP contribution >= 0.6 is 0 Å². The van der Waals surface area contributed by atoms with Gasteiger partial charge in [-0.25, -0.2) is 9.97 Å². The molecule has 112 valence electrons. The zero-order chi connectivity index (χ0) is 14.7. The van der Waals surface area contributed by atoms with Crippen LogP contribution in [0.15, 0.2) is 10.7 Å². The SMILES string of the molecule is CCCCc1nc(CN2CCc3cnc(C)nc3C2)no1. The third-order valence-corrected chi connectivity index (χ3v) is 3.76. The van der Waals surface area contributed by atoms with Gasteiger partial charge in [0.15, 0.2) is 5.82 Å². The number of rotatable bonds is 5. The summed E-state index contributed by atoms with van der Waals surface area (Å²) in [4.78, 5) is 15.6. The fourth-order valence-electron chi connectivity index (χ4n) is 2.58. The van der Waals surface area contributed by atoms with E-state index >= 15 is 0 Å². The van der Waals surface area contributed by atoms with Crippen LogP contribution in [0.2, 0.25) is 0 Å².